The highest BCUT2D eigenvalue weighted by Gasteiger charge is 2.15. The largest absolute Gasteiger partial charge is 0.232 e. The van der Waals surface area contributed by atoms with Gasteiger partial charge in [0.1, 0.15) is 16.8 Å². The smallest absolute Gasteiger partial charge is 0.174 e. The van der Waals surface area contributed by atoms with Crippen molar-refractivity contribution in [1.82, 2.24) is 14.6 Å². The summed E-state index contributed by atoms with van der Waals surface area (Å²) in [6.07, 6.45) is 1.47. The number of hydrogen-bond donors (Lipinski definition) is 0. The van der Waals surface area contributed by atoms with Gasteiger partial charge in [-0.1, -0.05) is 41.9 Å². The minimum Gasteiger partial charge on any atom is -0.232 e. The molecule has 0 saturated carbocycles. The van der Waals surface area contributed by atoms with Gasteiger partial charge in [-0.25, -0.2) is 9.50 Å². The van der Waals surface area contributed by atoms with E-state index in [4.69, 9.17) is 16.9 Å². The topological polar surface area (TPSA) is 54.0 Å². The van der Waals surface area contributed by atoms with Gasteiger partial charge in [0.05, 0.1) is 11.9 Å². The van der Waals surface area contributed by atoms with E-state index in [-0.39, 0.29) is 0 Å². The Bertz CT molecular complexity index is 800. The zero-order valence-electron chi connectivity index (χ0n) is 10.1. The Balaban J connectivity index is 2.37. The quantitative estimate of drug-likeness (QED) is 0.637. The van der Waals surface area contributed by atoms with Crippen LogP contribution in [0.5, 0.6) is 0 Å². The molecule has 0 aliphatic carbocycles. The summed E-state index contributed by atoms with van der Waals surface area (Å²) in [5.74, 6) is 0. The van der Waals surface area contributed by atoms with Crippen molar-refractivity contribution in [1.29, 1.82) is 5.26 Å². The van der Waals surface area contributed by atoms with Gasteiger partial charge in [-0.05, 0) is 12.5 Å². The number of hydrogen-bond acceptors (Lipinski definition) is 3. The maximum absolute atomic E-state index is 9.01. The third-order valence-electron chi connectivity index (χ3n) is 2.95. The molecule has 0 N–H and O–H groups in total. The highest BCUT2D eigenvalue weighted by Crippen LogP contribution is 2.31. The first kappa shape index (κ1) is 11.7. The minimum atomic E-state index is 0.421. The van der Waals surface area contributed by atoms with E-state index in [0.717, 1.165) is 16.8 Å². The Hall–Kier alpha value is -2.38. The highest BCUT2D eigenvalue weighted by molar-refractivity contribution is 6.32. The molecule has 0 aliphatic heterocycles. The Morgan fingerprint density at radius 1 is 1.26 bits per heavy atom. The fraction of sp³-hybridized carbons (Fsp3) is 0.0714. The molecule has 0 radical (unpaired) electrons. The molecule has 4 nitrogen and oxygen atoms in total. The lowest BCUT2D eigenvalue weighted by atomic mass is 10.1. The van der Waals surface area contributed by atoms with Crippen molar-refractivity contribution in [3.8, 4) is 17.2 Å². The van der Waals surface area contributed by atoms with Gasteiger partial charge in [-0.3, -0.25) is 0 Å². The van der Waals surface area contributed by atoms with Crippen LogP contribution in [0.2, 0.25) is 5.15 Å². The first-order valence-corrected chi connectivity index (χ1v) is 6.09. The zero-order chi connectivity index (χ0) is 13.4. The number of rotatable bonds is 1. The van der Waals surface area contributed by atoms with Gasteiger partial charge < -0.3 is 0 Å². The molecule has 0 bridgehead atoms. The van der Waals surface area contributed by atoms with Gasteiger partial charge in [0.25, 0.3) is 0 Å². The minimum absolute atomic E-state index is 0.421. The Kier molecular flexibility index (Phi) is 2.69. The van der Waals surface area contributed by atoms with E-state index in [1.807, 2.05) is 37.3 Å². The third kappa shape index (κ3) is 1.76. The maximum atomic E-state index is 9.01. The molecule has 92 valence electrons. The molecule has 0 atom stereocenters. The number of benzene rings is 1. The van der Waals surface area contributed by atoms with E-state index in [1.54, 1.807) is 0 Å². The molecule has 0 aliphatic rings. The van der Waals surface area contributed by atoms with Crippen molar-refractivity contribution in [2.75, 3.05) is 0 Å². The second-order valence-corrected chi connectivity index (χ2v) is 4.49. The van der Waals surface area contributed by atoms with Crippen molar-refractivity contribution < 1.29 is 0 Å². The molecule has 0 spiro atoms. The number of halogens is 1. The summed E-state index contributed by atoms with van der Waals surface area (Å²) in [6.45, 7) is 1.88. The van der Waals surface area contributed by atoms with Crippen LogP contribution in [-0.2, 0) is 0 Å². The van der Waals surface area contributed by atoms with Gasteiger partial charge in [0.2, 0.25) is 0 Å². The molecule has 2 aromatic heterocycles. The van der Waals surface area contributed by atoms with Crippen LogP contribution >= 0.6 is 11.6 Å². The van der Waals surface area contributed by atoms with Gasteiger partial charge in [-0.2, -0.15) is 10.4 Å². The van der Waals surface area contributed by atoms with Crippen LogP contribution in [-0.4, -0.2) is 14.6 Å². The van der Waals surface area contributed by atoms with Crippen LogP contribution < -0.4 is 0 Å². The van der Waals surface area contributed by atoms with Crippen LogP contribution in [0.1, 0.15) is 11.3 Å². The molecular formula is C14H9ClN4. The Labute approximate surface area is 114 Å². The second-order valence-electron chi connectivity index (χ2n) is 4.13. The summed E-state index contributed by atoms with van der Waals surface area (Å²) in [5, 5.41) is 13.6. The van der Waals surface area contributed by atoms with Gasteiger partial charge >= 0.3 is 0 Å². The predicted octanol–water partition coefficient (Wildman–Crippen LogP) is 3.23. The first-order chi connectivity index (χ1) is 9.22. The maximum Gasteiger partial charge on any atom is 0.174 e. The Morgan fingerprint density at radius 3 is 2.68 bits per heavy atom. The SMILES string of the molecule is Cc1nc2c(C#N)cnn2c(Cl)c1-c1ccccc1. The molecular weight excluding hydrogens is 260 g/mol. The molecule has 19 heavy (non-hydrogen) atoms. The van der Waals surface area contributed by atoms with Gasteiger partial charge in [0, 0.05) is 5.56 Å². The van der Waals surface area contributed by atoms with Crippen LogP contribution in [0.3, 0.4) is 0 Å². The molecule has 0 saturated heterocycles. The standard InChI is InChI=1S/C14H9ClN4/c1-9-12(10-5-3-2-4-6-10)13(15)19-14(18-9)11(7-16)8-17-19/h2-6,8H,1H3. The van der Waals surface area contributed by atoms with Crippen LogP contribution in [0, 0.1) is 18.3 Å². The van der Waals surface area contributed by atoms with Gasteiger partial charge in [0.15, 0.2) is 5.65 Å². The summed E-state index contributed by atoms with van der Waals surface area (Å²) in [6, 6.07) is 11.8. The highest BCUT2D eigenvalue weighted by atomic mass is 35.5. The van der Waals surface area contributed by atoms with Crippen LogP contribution in [0.4, 0.5) is 0 Å². The summed E-state index contributed by atoms with van der Waals surface area (Å²) < 4.78 is 1.50. The molecule has 0 unspecified atom stereocenters. The second kappa shape index (κ2) is 4.38. The van der Waals surface area contributed by atoms with E-state index >= 15 is 0 Å². The summed E-state index contributed by atoms with van der Waals surface area (Å²) in [5.41, 5.74) is 3.51. The van der Waals surface area contributed by atoms with Crippen molar-refractivity contribution in [3.05, 3.63) is 52.9 Å². The van der Waals surface area contributed by atoms with Crippen molar-refractivity contribution >= 4 is 17.2 Å². The molecule has 1 aromatic carbocycles. The van der Waals surface area contributed by atoms with E-state index in [1.165, 1.54) is 10.7 Å². The Morgan fingerprint density at radius 2 is 2.00 bits per heavy atom. The zero-order valence-corrected chi connectivity index (χ0v) is 10.9. The molecule has 3 aromatic rings. The molecule has 5 heteroatoms. The van der Waals surface area contributed by atoms with E-state index in [9.17, 15) is 0 Å². The van der Waals surface area contributed by atoms with E-state index in [0.29, 0.717) is 16.4 Å². The first-order valence-electron chi connectivity index (χ1n) is 5.71. The monoisotopic (exact) mass is 268 g/mol. The fourth-order valence-electron chi connectivity index (χ4n) is 2.07. The number of nitrogens with zero attached hydrogens (tertiary/aromatic N) is 4. The number of nitriles is 1. The molecule has 0 amide bonds. The summed E-state index contributed by atoms with van der Waals surface area (Å²) in [4.78, 5) is 4.44. The summed E-state index contributed by atoms with van der Waals surface area (Å²) in [7, 11) is 0. The van der Waals surface area contributed by atoms with Crippen molar-refractivity contribution in [2.24, 2.45) is 0 Å². The van der Waals surface area contributed by atoms with E-state index < -0.39 is 0 Å². The van der Waals surface area contributed by atoms with Crippen LogP contribution in [0.15, 0.2) is 36.5 Å². The fourth-order valence-corrected chi connectivity index (χ4v) is 2.44. The number of aryl methyl sites for hydroxylation is 1. The average Bonchev–Trinajstić information content (AvgIpc) is 2.83. The molecule has 2 heterocycles. The van der Waals surface area contributed by atoms with Crippen molar-refractivity contribution in [3.63, 3.8) is 0 Å². The number of aromatic nitrogens is 3. The lowest BCUT2D eigenvalue weighted by Gasteiger charge is -2.09. The lowest BCUT2D eigenvalue weighted by Crippen LogP contribution is -1.99. The van der Waals surface area contributed by atoms with E-state index in [2.05, 4.69) is 16.2 Å². The molecule has 0 fully saturated rings. The summed E-state index contributed by atoms with van der Waals surface area (Å²) >= 11 is 6.40. The number of fused-ring (bicyclic) bond motifs is 1. The van der Waals surface area contributed by atoms with Gasteiger partial charge in [-0.15, -0.1) is 0 Å². The third-order valence-corrected chi connectivity index (χ3v) is 3.30. The van der Waals surface area contributed by atoms with Crippen LogP contribution in [0.25, 0.3) is 16.8 Å². The molecule has 3 rings (SSSR count). The normalized spacial score (nSPS) is 10.6. The average molecular weight is 269 g/mol. The predicted molar refractivity (Wildman–Crippen MR) is 72.9 cm³/mol. The van der Waals surface area contributed by atoms with Crippen molar-refractivity contribution in [2.45, 2.75) is 6.92 Å². The lowest BCUT2D eigenvalue weighted by molar-refractivity contribution is 0.933.